The lowest BCUT2D eigenvalue weighted by Crippen LogP contribution is -2.48. The number of guanidine groups is 1. The van der Waals surface area contributed by atoms with Gasteiger partial charge in [0.2, 0.25) is 5.91 Å². The van der Waals surface area contributed by atoms with Crippen molar-refractivity contribution < 1.29 is 4.79 Å². The van der Waals surface area contributed by atoms with Gasteiger partial charge < -0.3 is 16.0 Å². The van der Waals surface area contributed by atoms with Crippen molar-refractivity contribution in [2.45, 2.75) is 33.6 Å². The number of hydrogen-bond acceptors (Lipinski definition) is 2. The van der Waals surface area contributed by atoms with Gasteiger partial charge in [-0.15, -0.1) is 0 Å². The van der Waals surface area contributed by atoms with Crippen molar-refractivity contribution in [3.63, 3.8) is 0 Å². The first-order chi connectivity index (χ1) is 11.0. The first kappa shape index (κ1) is 19.0. The Morgan fingerprint density at radius 2 is 1.83 bits per heavy atom. The standard InChI is InChI=1S/C18H30N4O/c1-5-20-16(23)18(2,3)14-22-17(19-4)21-13-9-12-15-10-7-6-8-11-15/h6-8,10-11H,5,9,12-14H2,1-4H3,(H,20,23)(H2,19,21,22). The lowest BCUT2D eigenvalue weighted by Gasteiger charge is -2.24. The summed E-state index contributed by atoms with van der Waals surface area (Å²) in [7, 11) is 1.74. The third kappa shape index (κ3) is 7.17. The Morgan fingerprint density at radius 1 is 1.13 bits per heavy atom. The lowest BCUT2D eigenvalue weighted by molar-refractivity contribution is -0.128. The van der Waals surface area contributed by atoms with Gasteiger partial charge in [0.25, 0.3) is 0 Å². The van der Waals surface area contributed by atoms with Gasteiger partial charge in [-0.1, -0.05) is 30.3 Å². The van der Waals surface area contributed by atoms with Gasteiger partial charge in [0.05, 0.1) is 5.41 Å². The number of nitrogens with zero attached hydrogens (tertiary/aromatic N) is 1. The normalized spacial score (nSPS) is 11.9. The number of aliphatic imine (C=N–C) groups is 1. The molecule has 3 N–H and O–H groups in total. The highest BCUT2D eigenvalue weighted by Crippen LogP contribution is 2.13. The molecule has 128 valence electrons. The highest BCUT2D eigenvalue weighted by molar-refractivity contribution is 5.84. The van der Waals surface area contributed by atoms with Gasteiger partial charge in [0.1, 0.15) is 0 Å². The molecular weight excluding hydrogens is 288 g/mol. The van der Waals surface area contributed by atoms with E-state index in [2.05, 4.69) is 45.2 Å². The summed E-state index contributed by atoms with van der Waals surface area (Å²) in [6, 6.07) is 10.4. The Kier molecular flexibility index (Phi) is 8.16. The van der Waals surface area contributed by atoms with Crippen LogP contribution in [0.15, 0.2) is 35.3 Å². The molecule has 0 aliphatic carbocycles. The Labute approximate surface area is 140 Å². The second-order valence-electron chi connectivity index (χ2n) is 6.19. The molecule has 23 heavy (non-hydrogen) atoms. The van der Waals surface area contributed by atoms with E-state index in [4.69, 9.17) is 0 Å². The van der Waals surface area contributed by atoms with Crippen LogP contribution in [0.25, 0.3) is 0 Å². The average molecular weight is 318 g/mol. The van der Waals surface area contributed by atoms with E-state index in [1.54, 1.807) is 7.05 Å². The molecule has 0 heterocycles. The van der Waals surface area contributed by atoms with Crippen molar-refractivity contribution in [3.8, 4) is 0 Å². The molecule has 1 amide bonds. The maximum Gasteiger partial charge on any atom is 0.227 e. The van der Waals surface area contributed by atoms with E-state index < -0.39 is 5.41 Å². The molecule has 1 aromatic rings. The highest BCUT2D eigenvalue weighted by Gasteiger charge is 2.27. The third-order valence-corrected chi connectivity index (χ3v) is 3.65. The van der Waals surface area contributed by atoms with Gasteiger partial charge in [0, 0.05) is 26.7 Å². The van der Waals surface area contributed by atoms with Crippen molar-refractivity contribution in [1.82, 2.24) is 16.0 Å². The smallest absolute Gasteiger partial charge is 0.227 e. The lowest BCUT2D eigenvalue weighted by atomic mass is 9.92. The molecule has 0 aliphatic rings. The molecule has 0 spiro atoms. The minimum Gasteiger partial charge on any atom is -0.356 e. The van der Waals surface area contributed by atoms with Crippen molar-refractivity contribution in [1.29, 1.82) is 0 Å². The van der Waals surface area contributed by atoms with Crippen LogP contribution in [0.5, 0.6) is 0 Å². The fourth-order valence-corrected chi connectivity index (χ4v) is 2.15. The topological polar surface area (TPSA) is 65.5 Å². The van der Waals surface area contributed by atoms with E-state index in [0.29, 0.717) is 13.1 Å². The molecule has 0 radical (unpaired) electrons. The van der Waals surface area contributed by atoms with Crippen LogP contribution < -0.4 is 16.0 Å². The largest absolute Gasteiger partial charge is 0.356 e. The highest BCUT2D eigenvalue weighted by atomic mass is 16.2. The van der Waals surface area contributed by atoms with Crippen molar-refractivity contribution >= 4 is 11.9 Å². The minimum absolute atomic E-state index is 0.0482. The predicted octanol–water partition coefficient (Wildman–Crippen LogP) is 1.95. The SMILES string of the molecule is CCNC(=O)C(C)(C)CNC(=NC)NCCCc1ccccc1. The van der Waals surface area contributed by atoms with E-state index in [-0.39, 0.29) is 5.91 Å². The first-order valence-electron chi connectivity index (χ1n) is 8.26. The van der Waals surface area contributed by atoms with Crippen LogP contribution in [0.3, 0.4) is 0 Å². The molecule has 0 bridgehead atoms. The number of nitrogens with one attached hydrogen (secondary N) is 3. The molecule has 1 rings (SSSR count). The van der Waals surface area contributed by atoms with Crippen LogP contribution in [0.2, 0.25) is 0 Å². The van der Waals surface area contributed by atoms with Crippen molar-refractivity contribution in [2.24, 2.45) is 10.4 Å². The van der Waals surface area contributed by atoms with Crippen LogP contribution in [-0.4, -0.2) is 38.5 Å². The van der Waals surface area contributed by atoms with Crippen LogP contribution in [-0.2, 0) is 11.2 Å². The zero-order valence-electron chi connectivity index (χ0n) is 14.8. The van der Waals surface area contributed by atoms with Crippen LogP contribution in [0.1, 0.15) is 32.8 Å². The second kappa shape index (κ2) is 9.87. The monoisotopic (exact) mass is 318 g/mol. The number of benzene rings is 1. The second-order valence-corrected chi connectivity index (χ2v) is 6.19. The van der Waals surface area contributed by atoms with Crippen molar-refractivity contribution in [3.05, 3.63) is 35.9 Å². The number of amides is 1. The van der Waals surface area contributed by atoms with Crippen LogP contribution >= 0.6 is 0 Å². The molecule has 0 atom stereocenters. The van der Waals surface area contributed by atoms with Crippen LogP contribution in [0, 0.1) is 5.41 Å². The summed E-state index contributed by atoms with van der Waals surface area (Å²) in [5.41, 5.74) is 0.868. The summed E-state index contributed by atoms with van der Waals surface area (Å²) in [5, 5.41) is 9.37. The maximum atomic E-state index is 12.0. The minimum atomic E-state index is -0.475. The number of aryl methyl sites for hydroxylation is 1. The van der Waals surface area contributed by atoms with E-state index in [1.807, 2.05) is 26.8 Å². The summed E-state index contributed by atoms with van der Waals surface area (Å²) in [6.45, 7) is 7.80. The van der Waals surface area contributed by atoms with Crippen molar-refractivity contribution in [2.75, 3.05) is 26.7 Å². The van der Waals surface area contributed by atoms with Gasteiger partial charge in [-0.05, 0) is 39.2 Å². The molecule has 0 aliphatic heterocycles. The third-order valence-electron chi connectivity index (χ3n) is 3.65. The zero-order valence-corrected chi connectivity index (χ0v) is 14.8. The summed E-state index contributed by atoms with van der Waals surface area (Å²) in [4.78, 5) is 16.2. The molecule has 1 aromatic carbocycles. The van der Waals surface area contributed by atoms with Gasteiger partial charge in [-0.3, -0.25) is 9.79 Å². The summed E-state index contributed by atoms with van der Waals surface area (Å²) in [5.74, 6) is 0.780. The van der Waals surface area contributed by atoms with Gasteiger partial charge in [0.15, 0.2) is 5.96 Å². The Bertz CT molecular complexity index is 497. The van der Waals surface area contributed by atoms with E-state index >= 15 is 0 Å². The number of rotatable bonds is 8. The summed E-state index contributed by atoms with van der Waals surface area (Å²) < 4.78 is 0. The van der Waals surface area contributed by atoms with Gasteiger partial charge in [-0.25, -0.2) is 0 Å². The molecular formula is C18H30N4O. The quantitative estimate of drug-likeness (QED) is 0.390. The fourth-order valence-electron chi connectivity index (χ4n) is 2.15. The number of carbonyl (C=O) groups excluding carboxylic acids is 1. The molecule has 5 nitrogen and oxygen atoms in total. The zero-order chi connectivity index (χ0) is 17.1. The van der Waals surface area contributed by atoms with Gasteiger partial charge >= 0.3 is 0 Å². The molecule has 5 heteroatoms. The van der Waals surface area contributed by atoms with Crippen LogP contribution in [0.4, 0.5) is 0 Å². The Hall–Kier alpha value is -2.04. The van der Waals surface area contributed by atoms with E-state index in [9.17, 15) is 4.79 Å². The Balaban J connectivity index is 2.30. The summed E-state index contributed by atoms with van der Waals surface area (Å²) >= 11 is 0. The predicted molar refractivity (Wildman–Crippen MR) is 96.6 cm³/mol. The molecule has 0 saturated heterocycles. The first-order valence-corrected chi connectivity index (χ1v) is 8.26. The summed E-state index contributed by atoms with van der Waals surface area (Å²) in [6.07, 6.45) is 2.07. The van der Waals surface area contributed by atoms with E-state index in [1.165, 1.54) is 5.56 Å². The molecule has 0 aromatic heterocycles. The maximum absolute atomic E-state index is 12.0. The molecule has 0 unspecified atom stereocenters. The average Bonchev–Trinajstić information content (AvgIpc) is 2.55. The Morgan fingerprint density at radius 3 is 2.43 bits per heavy atom. The fraction of sp³-hybridized carbons (Fsp3) is 0.556. The number of carbonyl (C=O) groups is 1. The van der Waals surface area contributed by atoms with Gasteiger partial charge in [-0.2, -0.15) is 0 Å². The molecule has 0 saturated carbocycles. The number of hydrogen-bond donors (Lipinski definition) is 3. The van der Waals surface area contributed by atoms with E-state index in [0.717, 1.165) is 25.3 Å². The molecule has 0 fully saturated rings.